The number of ether oxygens (including phenoxy) is 1. The van der Waals surface area contributed by atoms with E-state index in [4.69, 9.17) is 4.74 Å². The molecule has 1 saturated carbocycles. The quantitative estimate of drug-likeness (QED) is 0.770. The first-order valence-corrected chi connectivity index (χ1v) is 6.85. The van der Waals surface area contributed by atoms with Gasteiger partial charge in [-0.25, -0.2) is 0 Å². The van der Waals surface area contributed by atoms with E-state index < -0.39 is 5.97 Å². The highest BCUT2D eigenvalue weighted by molar-refractivity contribution is 5.73. The highest BCUT2D eigenvalue weighted by atomic mass is 16.5. The molecule has 0 aromatic carbocycles. The van der Waals surface area contributed by atoms with E-state index in [2.05, 4.69) is 5.32 Å². The van der Waals surface area contributed by atoms with Gasteiger partial charge in [0.05, 0.1) is 6.10 Å². The van der Waals surface area contributed by atoms with Gasteiger partial charge in [-0.3, -0.25) is 4.79 Å². The summed E-state index contributed by atoms with van der Waals surface area (Å²) >= 11 is 0. The molecule has 1 aliphatic heterocycles. The Labute approximate surface area is 103 Å². The van der Waals surface area contributed by atoms with E-state index >= 15 is 0 Å². The van der Waals surface area contributed by atoms with E-state index in [1.165, 1.54) is 19.3 Å². The zero-order valence-corrected chi connectivity index (χ0v) is 10.4. The molecule has 0 radical (unpaired) electrons. The Balaban J connectivity index is 1.80. The van der Waals surface area contributed by atoms with Gasteiger partial charge in [0.2, 0.25) is 0 Å². The van der Waals surface area contributed by atoms with Crippen LogP contribution in [0.1, 0.15) is 44.9 Å². The molecule has 2 fully saturated rings. The third kappa shape index (κ3) is 3.68. The first-order valence-electron chi connectivity index (χ1n) is 6.85. The molecule has 2 aliphatic rings. The first-order chi connectivity index (χ1) is 8.27. The molecule has 4 heteroatoms. The number of carboxylic acid groups (broad SMARTS) is 1. The number of aliphatic carboxylic acids is 1. The minimum atomic E-state index is -0.699. The van der Waals surface area contributed by atoms with Crippen molar-refractivity contribution in [2.75, 3.05) is 13.2 Å². The Hall–Kier alpha value is -0.610. The number of nitrogens with one attached hydrogen (secondary N) is 1. The summed E-state index contributed by atoms with van der Waals surface area (Å²) in [7, 11) is 0. The van der Waals surface area contributed by atoms with Crippen molar-refractivity contribution in [2.24, 2.45) is 5.92 Å². The van der Waals surface area contributed by atoms with Gasteiger partial charge < -0.3 is 15.2 Å². The number of carbonyl (C=O) groups is 1. The number of rotatable bonds is 5. The fourth-order valence-corrected chi connectivity index (χ4v) is 2.99. The SMILES string of the molecule is O=C(O)C(NCC1CCCO1)C1CCCCC1. The van der Waals surface area contributed by atoms with Crippen molar-refractivity contribution in [2.45, 2.75) is 57.1 Å². The average molecular weight is 241 g/mol. The van der Waals surface area contributed by atoms with Gasteiger partial charge in [-0.05, 0) is 31.6 Å². The van der Waals surface area contributed by atoms with Crippen molar-refractivity contribution in [1.82, 2.24) is 5.32 Å². The predicted octanol–water partition coefficient (Wildman–Crippen LogP) is 1.79. The molecule has 4 nitrogen and oxygen atoms in total. The molecule has 98 valence electrons. The lowest BCUT2D eigenvalue weighted by Crippen LogP contribution is -2.46. The van der Waals surface area contributed by atoms with Crippen LogP contribution in [0, 0.1) is 5.92 Å². The van der Waals surface area contributed by atoms with Crippen LogP contribution in [0.5, 0.6) is 0 Å². The van der Waals surface area contributed by atoms with E-state index in [-0.39, 0.29) is 12.1 Å². The minimum Gasteiger partial charge on any atom is -0.480 e. The summed E-state index contributed by atoms with van der Waals surface area (Å²) in [6.45, 7) is 1.51. The van der Waals surface area contributed by atoms with Gasteiger partial charge in [0.25, 0.3) is 0 Å². The van der Waals surface area contributed by atoms with Crippen LogP contribution in [0.2, 0.25) is 0 Å². The van der Waals surface area contributed by atoms with Crippen LogP contribution < -0.4 is 5.32 Å². The fraction of sp³-hybridized carbons (Fsp3) is 0.923. The van der Waals surface area contributed by atoms with Crippen molar-refractivity contribution in [3.63, 3.8) is 0 Å². The molecule has 0 amide bonds. The Morgan fingerprint density at radius 2 is 2.00 bits per heavy atom. The third-order valence-corrected chi connectivity index (χ3v) is 3.98. The van der Waals surface area contributed by atoms with Crippen molar-refractivity contribution in [3.8, 4) is 0 Å². The Morgan fingerprint density at radius 3 is 2.59 bits per heavy atom. The van der Waals surface area contributed by atoms with Crippen molar-refractivity contribution >= 4 is 5.97 Å². The summed E-state index contributed by atoms with van der Waals surface area (Å²) in [6.07, 6.45) is 8.10. The Kier molecular flexibility index (Phi) is 4.80. The highest BCUT2D eigenvalue weighted by Crippen LogP contribution is 2.26. The van der Waals surface area contributed by atoms with Gasteiger partial charge in [0.1, 0.15) is 6.04 Å². The molecule has 2 atom stereocenters. The van der Waals surface area contributed by atoms with Crippen LogP contribution in [-0.2, 0) is 9.53 Å². The number of hydrogen-bond donors (Lipinski definition) is 2. The first kappa shape index (κ1) is 12.8. The van der Waals surface area contributed by atoms with Crippen molar-refractivity contribution in [3.05, 3.63) is 0 Å². The Morgan fingerprint density at radius 1 is 1.24 bits per heavy atom. The number of hydrogen-bond acceptors (Lipinski definition) is 3. The molecule has 0 aromatic rings. The standard InChI is InChI=1S/C13H23NO3/c15-13(16)12(10-5-2-1-3-6-10)14-9-11-7-4-8-17-11/h10-12,14H,1-9H2,(H,15,16). The maximum Gasteiger partial charge on any atom is 0.320 e. The van der Waals surface area contributed by atoms with Gasteiger partial charge in [-0.15, -0.1) is 0 Å². The maximum atomic E-state index is 11.3. The van der Waals surface area contributed by atoms with Crippen LogP contribution in [0.4, 0.5) is 0 Å². The summed E-state index contributed by atoms with van der Waals surface area (Å²) in [4.78, 5) is 11.3. The van der Waals surface area contributed by atoms with Crippen LogP contribution in [0.25, 0.3) is 0 Å². The minimum absolute atomic E-state index is 0.223. The van der Waals surface area contributed by atoms with Crippen molar-refractivity contribution in [1.29, 1.82) is 0 Å². The molecule has 2 rings (SSSR count). The zero-order chi connectivity index (χ0) is 12.1. The Bertz CT molecular complexity index is 245. The fourth-order valence-electron chi connectivity index (χ4n) is 2.99. The second-order valence-electron chi connectivity index (χ2n) is 5.26. The maximum absolute atomic E-state index is 11.3. The van der Waals surface area contributed by atoms with Crippen LogP contribution in [-0.4, -0.2) is 36.4 Å². The third-order valence-electron chi connectivity index (χ3n) is 3.98. The molecule has 1 heterocycles. The average Bonchev–Trinajstić information content (AvgIpc) is 2.83. The largest absolute Gasteiger partial charge is 0.480 e. The van der Waals surface area contributed by atoms with Gasteiger partial charge in [-0.1, -0.05) is 19.3 Å². The van der Waals surface area contributed by atoms with Gasteiger partial charge in [0, 0.05) is 13.2 Å². The molecular formula is C13H23NO3. The molecule has 2 unspecified atom stereocenters. The molecule has 17 heavy (non-hydrogen) atoms. The van der Waals surface area contributed by atoms with Crippen LogP contribution in [0.15, 0.2) is 0 Å². The molecular weight excluding hydrogens is 218 g/mol. The second kappa shape index (κ2) is 6.36. The number of carboxylic acids is 1. The monoisotopic (exact) mass is 241 g/mol. The second-order valence-corrected chi connectivity index (χ2v) is 5.26. The molecule has 0 bridgehead atoms. The van der Waals surface area contributed by atoms with E-state index in [1.807, 2.05) is 0 Å². The summed E-state index contributed by atoms with van der Waals surface area (Å²) in [5.74, 6) is -0.391. The molecule has 0 aromatic heterocycles. The molecule has 0 spiro atoms. The van der Waals surface area contributed by atoms with Gasteiger partial charge in [0.15, 0.2) is 0 Å². The zero-order valence-electron chi connectivity index (χ0n) is 10.4. The van der Waals surface area contributed by atoms with Crippen LogP contribution >= 0.6 is 0 Å². The van der Waals surface area contributed by atoms with E-state index in [0.717, 1.165) is 32.3 Å². The molecule has 1 aliphatic carbocycles. The summed E-state index contributed by atoms with van der Waals surface area (Å²) < 4.78 is 5.51. The lowest BCUT2D eigenvalue weighted by molar-refractivity contribution is -0.141. The molecule has 2 N–H and O–H groups in total. The van der Waals surface area contributed by atoms with Crippen molar-refractivity contribution < 1.29 is 14.6 Å². The van der Waals surface area contributed by atoms with Gasteiger partial charge >= 0.3 is 5.97 Å². The summed E-state index contributed by atoms with van der Waals surface area (Å²) in [6, 6.07) is -0.375. The smallest absolute Gasteiger partial charge is 0.320 e. The highest BCUT2D eigenvalue weighted by Gasteiger charge is 2.30. The predicted molar refractivity (Wildman–Crippen MR) is 65.0 cm³/mol. The lowest BCUT2D eigenvalue weighted by Gasteiger charge is -2.28. The molecule has 1 saturated heterocycles. The summed E-state index contributed by atoms with van der Waals surface area (Å²) in [5.41, 5.74) is 0. The van der Waals surface area contributed by atoms with Crippen LogP contribution in [0.3, 0.4) is 0 Å². The van der Waals surface area contributed by atoms with E-state index in [1.54, 1.807) is 0 Å². The van der Waals surface area contributed by atoms with E-state index in [0.29, 0.717) is 12.5 Å². The topological polar surface area (TPSA) is 58.6 Å². The van der Waals surface area contributed by atoms with E-state index in [9.17, 15) is 9.90 Å². The lowest BCUT2D eigenvalue weighted by atomic mass is 9.84. The summed E-state index contributed by atoms with van der Waals surface area (Å²) in [5, 5.41) is 12.5. The normalized spacial score (nSPS) is 28.1. The van der Waals surface area contributed by atoms with Gasteiger partial charge in [-0.2, -0.15) is 0 Å².